The minimum Gasteiger partial charge on any atom is -0.481 e. The number of hydrogen-bond donors (Lipinski definition) is 0. The Bertz CT molecular complexity index is 950. The molecule has 1 saturated heterocycles. The predicted molar refractivity (Wildman–Crippen MR) is 107 cm³/mol. The van der Waals surface area contributed by atoms with Gasteiger partial charge in [-0.25, -0.2) is 9.97 Å². The third kappa shape index (κ3) is 3.63. The molecule has 1 atom stereocenters. The molecule has 4 rings (SSSR count). The van der Waals surface area contributed by atoms with Crippen LogP contribution in [0.4, 0.5) is 0 Å². The molecule has 2 aromatic heterocycles. The van der Waals surface area contributed by atoms with Gasteiger partial charge in [0.05, 0.1) is 12.7 Å². The van der Waals surface area contributed by atoms with E-state index >= 15 is 0 Å². The van der Waals surface area contributed by atoms with Gasteiger partial charge in [0.2, 0.25) is 5.88 Å². The zero-order valence-corrected chi connectivity index (χ0v) is 16.2. The first kappa shape index (κ1) is 18.2. The lowest BCUT2D eigenvalue weighted by Crippen LogP contribution is -2.29. The van der Waals surface area contributed by atoms with E-state index in [0.29, 0.717) is 17.4 Å². The molecule has 0 saturated carbocycles. The number of amides is 1. The molecule has 144 valence electrons. The van der Waals surface area contributed by atoms with Crippen molar-refractivity contribution < 1.29 is 9.53 Å². The molecule has 3 aromatic rings. The number of pyridine rings is 1. The Morgan fingerprint density at radius 2 is 1.96 bits per heavy atom. The van der Waals surface area contributed by atoms with Crippen LogP contribution >= 0.6 is 0 Å². The number of hydrogen-bond acceptors (Lipinski definition) is 4. The molecule has 0 bridgehead atoms. The molecule has 1 amide bonds. The summed E-state index contributed by atoms with van der Waals surface area (Å²) in [7, 11) is 1.57. The number of rotatable bonds is 5. The van der Waals surface area contributed by atoms with Gasteiger partial charge in [0.25, 0.3) is 5.91 Å². The lowest BCUT2D eigenvalue weighted by Gasteiger charge is -2.18. The molecule has 1 unspecified atom stereocenters. The Balaban J connectivity index is 1.45. The maximum absolute atomic E-state index is 12.8. The Morgan fingerprint density at radius 1 is 1.14 bits per heavy atom. The summed E-state index contributed by atoms with van der Waals surface area (Å²) in [4.78, 5) is 23.4. The summed E-state index contributed by atoms with van der Waals surface area (Å²) in [5.74, 6) is 1.94. The van der Waals surface area contributed by atoms with Crippen LogP contribution in [0, 0.1) is 12.8 Å². The summed E-state index contributed by atoms with van der Waals surface area (Å²) in [6, 6.07) is 13.7. The molecule has 3 heterocycles. The van der Waals surface area contributed by atoms with Crippen molar-refractivity contribution >= 4 is 5.91 Å². The first-order valence-corrected chi connectivity index (χ1v) is 9.52. The number of carbonyl (C=O) groups excluding carboxylic acids is 1. The number of likely N-dealkylation sites (tertiary alicyclic amines) is 1. The second-order valence-electron chi connectivity index (χ2n) is 7.19. The molecule has 1 aliphatic rings. The first-order valence-electron chi connectivity index (χ1n) is 9.52. The van der Waals surface area contributed by atoms with E-state index in [4.69, 9.17) is 4.74 Å². The third-order valence-electron chi connectivity index (χ3n) is 5.29. The predicted octanol–water partition coefficient (Wildman–Crippen LogP) is 3.42. The van der Waals surface area contributed by atoms with Gasteiger partial charge in [0.15, 0.2) is 0 Å². The zero-order chi connectivity index (χ0) is 19.5. The fourth-order valence-electron chi connectivity index (χ4n) is 3.74. The maximum Gasteiger partial charge on any atom is 0.255 e. The van der Waals surface area contributed by atoms with Gasteiger partial charge in [-0.15, -0.1) is 0 Å². The van der Waals surface area contributed by atoms with Gasteiger partial charge in [0, 0.05) is 49.4 Å². The molecule has 0 radical (unpaired) electrons. The smallest absolute Gasteiger partial charge is 0.255 e. The highest BCUT2D eigenvalue weighted by Crippen LogP contribution is 2.25. The van der Waals surface area contributed by atoms with Crippen LogP contribution < -0.4 is 4.74 Å². The number of nitrogens with zero attached hydrogens (tertiary/aromatic N) is 4. The monoisotopic (exact) mass is 376 g/mol. The SMILES string of the molecule is COc1ccc(C(=O)N2CCC(Cn3c(C)cnc3-c3ccccc3)C2)cn1. The van der Waals surface area contributed by atoms with Crippen LogP contribution in [0.5, 0.6) is 5.88 Å². The van der Waals surface area contributed by atoms with E-state index in [-0.39, 0.29) is 5.91 Å². The number of methoxy groups -OCH3 is 1. The molecular formula is C22H24N4O2. The van der Waals surface area contributed by atoms with Crippen LogP contribution in [0.25, 0.3) is 11.4 Å². The molecule has 0 aliphatic carbocycles. The first-order chi connectivity index (χ1) is 13.7. The molecule has 6 heteroatoms. The number of ether oxygens (including phenoxy) is 1. The minimum absolute atomic E-state index is 0.0308. The van der Waals surface area contributed by atoms with E-state index in [1.54, 1.807) is 25.4 Å². The molecule has 0 N–H and O–H groups in total. The van der Waals surface area contributed by atoms with Gasteiger partial charge in [-0.05, 0) is 25.3 Å². The van der Waals surface area contributed by atoms with Crippen molar-refractivity contribution in [3.63, 3.8) is 0 Å². The molecule has 0 spiro atoms. The summed E-state index contributed by atoms with van der Waals surface area (Å²) < 4.78 is 7.33. The minimum atomic E-state index is 0.0308. The largest absolute Gasteiger partial charge is 0.481 e. The molecule has 6 nitrogen and oxygen atoms in total. The lowest BCUT2D eigenvalue weighted by molar-refractivity contribution is 0.0785. The Labute approximate surface area is 164 Å². The van der Waals surface area contributed by atoms with Crippen molar-refractivity contribution in [3.05, 3.63) is 66.1 Å². The lowest BCUT2D eigenvalue weighted by atomic mass is 10.1. The van der Waals surface area contributed by atoms with Crippen LogP contribution in [0.15, 0.2) is 54.9 Å². The van der Waals surface area contributed by atoms with Gasteiger partial charge < -0.3 is 14.2 Å². The van der Waals surface area contributed by atoms with E-state index in [0.717, 1.165) is 43.1 Å². The van der Waals surface area contributed by atoms with Gasteiger partial charge in [-0.1, -0.05) is 30.3 Å². The Morgan fingerprint density at radius 3 is 2.68 bits per heavy atom. The number of benzene rings is 1. The second kappa shape index (κ2) is 7.84. The van der Waals surface area contributed by atoms with E-state index in [1.165, 1.54) is 0 Å². The van der Waals surface area contributed by atoms with E-state index in [2.05, 4.69) is 33.6 Å². The van der Waals surface area contributed by atoms with Gasteiger partial charge in [-0.2, -0.15) is 0 Å². The standard InChI is InChI=1S/C22H24N4O2/c1-16-12-24-21(18-6-4-3-5-7-18)26(16)15-17-10-11-25(14-17)22(27)19-8-9-20(28-2)23-13-19/h3-9,12-13,17H,10-11,14-15H2,1-2H3. The second-order valence-corrected chi connectivity index (χ2v) is 7.19. The van der Waals surface area contributed by atoms with Crippen molar-refractivity contribution in [1.82, 2.24) is 19.4 Å². The highest BCUT2D eigenvalue weighted by atomic mass is 16.5. The van der Waals surface area contributed by atoms with Crippen molar-refractivity contribution in [3.8, 4) is 17.3 Å². The summed E-state index contributed by atoms with van der Waals surface area (Å²) >= 11 is 0. The summed E-state index contributed by atoms with van der Waals surface area (Å²) in [5.41, 5.74) is 2.86. The van der Waals surface area contributed by atoms with E-state index in [9.17, 15) is 4.79 Å². The van der Waals surface area contributed by atoms with Crippen LogP contribution in [0.3, 0.4) is 0 Å². The number of imidazole rings is 1. The average Bonchev–Trinajstić information content (AvgIpc) is 3.36. The quantitative estimate of drug-likeness (QED) is 0.685. The summed E-state index contributed by atoms with van der Waals surface area (Å²) in [6.45, 7) is 4.46. The van der Waals surface area contributed by atoms with Crippen molar-refractivity contribution in [2.24, 2.45) is 5.92 Å². The Hall–Kier alpha value is -3.15. The van der Waals surface area contributed by atoms with Gasteiger partial charge in [-0.3, -0.25) is 4.79 Å². The number of aromatic nitrogens is 3. The molecule has 28 heavy (non-hydrogen) atoms. The van der Waals surface area contributed by atoms with Crippen molar-refractivity contribution in [2.45, 2.75) is 19.9 Å². The van der Waals surface area contributed by atoms with Crippen LogP contribution in [-0.4, -0.2) is 45.5 Å². The Kier molecular flexibility index (Phi) is 5.10. The third-order valence-corrected chi connectivity index (χ3v) is 5.29. The molecule has 1 fully saturated rings. The molecular weight excluding hydrogens is 352 g/mol. The van der Waals surface area contributed by atoms with E-state index < -0.39 is 0 Å². The maximum atomic E-state index is 12.8. The number of aryl methyl sites for hydroxylation is 1. The van der Waals surface area contributed by atoms with Crippen LogP contribution in [0.1, 0.15) is 22.5 Å². The van der Waals surface area contributed by atoms with Gasteiger partial charge >= 0.3 is 0 Å². The fourth-order valence-corrected chi connectivity index (χ4v) is 3.74. The highest BCUT2D eigenvalue weighted by Gasteiger charge is 2.28. The molecule has 1 aliphatic heterocycles. The highest BCUT2D eigenvalue weighted by molar-refractivity contribution is 5.94. The molecule has 1 aromatic carbocycles. The summed E-state index contributed by atoms with van der Waals surface area (Å²) in [6.07, 6.45) is 4.49. The van der Waals surface area contributed by atoms with E-state index in [1.807, 2.05) is 29.3 Å². The van der Waals surface area contributed by atoms with Crippen molar-refractivity contribution in [2.75, 3.05) is 20.2 Å². The normalized spacial score (nSPS) is 16.4. The van der Waals surface area contributed by atoms with Crippen LogP contribution in [-0.2, 0) is 6.54 Å². The van der Waals surface area contributed by atoms with Crippen LogP contribution in [0.2, 0.25) is 0 Å². The topological polar surface area (TPSA) is 60.2 Å². The number of carbonyl (C=O) groups is 1. The van der Waals surface area contributed by atoms with Crippen molar-refractivity contribution in [1.29, 1.82) is 0 Å². The summed E-state index contributed by atoms with van der Waals surface area (Å²) in [5, 5.41) is 0. The van der Waals surface area contributed by atoms with Gasteiger partial charge in [0.1, 0.15) is 5.82 Å². The average molecular weight is 376 g/mol. The fraction of sp³-hybridized carbons (Fsp3) is 0.318. The zero-order valence-electron chi connectivity index (χ0n) is 16.2.